The molecule has 0 aliphatic carbocycles. The van der Waals surface area contributed by atoms with E-state index in [-0.39, 0.29) is 12.5 Å². The van der Waals surface area contributed by atoms with Gasteiger partial charge in [0.2, 0.25) is 0 Å². The third-order valence-corrected chi connectivity index (χ3v) is 3.82. The fourth-order valence-corrected chi connectivity index (χ4v) is 2.37. The highest BCUT2D eigenvalue weighted by Gasteiger charge is 2.04. The van der Waals surface area contributed by atoms with Crippen LogP contribution in [0.2, 0.25) is 5.02 Å². The van der Waals surface area contributed by atoms with Crippen LogP contribution in [0.3, 0.4) is 0 Å². The molecule has 1 N–H and O–H groups in total. The zero-order valence-electron chi connectivity index (χ0n) is 14.0. The molecule has 0 radical (unpaired) electrons. The number of hydrogen-bond acceptors (Lipinski definition) is 3. The largest absolute Gasteiger partial charge is 0.489 e. The normalized spacial score (nSPS) is 10.2. The van der Waals surface area contributed by atoms with E-state index >= 15 is 0 Å². The number of para-hydroxylation sites is 1. The van der Waals surface area contributed by atoms with Gasteiger partial charge in [-0.05, 0) is 54.1 Å². The molecule has 0 saturated heterocycles. The van der Waals surface area contributed by atoms with Gasteiger partial charge in [-0.15, -0.1) is 0 Å². The van der Waals surface area contributed by atoms with Gasteiger partial charge in [-0.25, -0.2) is 0 Å². The summed E-state index contributed by atoms with van der Waals surface area (Å²) in [6, 6.07) is 23.9. The number of hydrogen-bond donors (Lipinski definition) is 1. The molecule has 0 unspecified atom stereocenters. The van der Waals surface area contributed by atoms with E-state index in [0.29, 0.717) is 23.1 Å². The second-order valence-electron chi connectivity index (χ2n) is 5.59. The molecule has 3 rings (SSSR count). The lowest BCUT2D eigenvalue weighted by atomic mass is 10.2. The molecule has 5 heteroatoms. The Hall–Kier alpha value is -2.98. The molecular formula is C21H18ClNO3. The van der Waals surface area contributed by atoms with Crippen molar-refractivity contribution in [2.24, 2.45) is 0 Å². The molecule has 3 aromatic rings. The molecule has 132 valence electrons. The average Bonchev–Trinajstić information content (AvgIpc) is 2.68. The Labute approximate surface area is 157 Å². The zero-order chi connectivity index (χ0) is 18.2. The first-order valence-corrected chi connectivity index (χ1v) is 8.52. The molecule has 0 saturated carbocycles. The number of anilines is 1. The van der Waals surface area contributed by atoms with Gasteiger partial charge in [0.15, 0.2) is 6.61 Å². The van der Waals surface area contributed by atoms with Gasteiger partial charge >= 0.3 is 0 Å². The number of halogens is 1. The maximum atomic E-state index is 11.9. The van der Waals surface area contributed by atoms with Crippen molar-refractivity contribution in [1.29, 1.82) is 0 Å². The minimum atomic E-state index is -0.219. The maximum absolute atomic E-state index is 11.9. The van der Waals surface area contributed by atoms with Gasteiger partial charge in [0.05, 0.1) is 0 Å². The summed E-state index contributed by atoms with van der Waals surface area (Å²) < 4.78 is 11.1. The molecule has 0 aromatic heterocycles. The van der Waals surface area contributed by atoms with Crippen molar-refractivity contribution < 1.29 is 14.3 Å². The fourth-order valence-electron chi connectivity index (χ4n) is 2.24. The van der Waals surface area contributed by atoms with E-state index in [4.69, 9.17) is 21.1 Å². The Morgan fingerprint density at radius 1 is 0.808 bits per heavy atom. The quantitative estimate of drug-likeness (QED) is 0.643. The highest BCUT2D eigenvalue weighted by atomic mass is 35.5. The predicted molar refractivity (Wildman–Crippen MR) is 103 cm³/mol. The molecule has 26 heavy (non-hydrogen) atoms. The summed E-state index contributed by atoms with van der Waals surface area (Å²) in [5, 5.41) is 3.48. The number of carbonyl (C=O) groups is 1. The van der Waals surface area contributed by atoms with Gasteiger partial charge in [-0.1, -0.05) is 41.9 Å². The fraction of sp³-hybridized carbons (Fsp3) is 0.0952. The SMILES string of the molecule is O=C(COc1ccccc1)Nc1ccc(OCc2ccc(Cl)cc2)cc1. The van der Waals surface area contributed by atoms with Crippen molar-refractivity contribution in [3.05, 3.63) is 89.4 Å². The van der Waals surface area contributed by atoms with Gasteiger partial charge in [0, 0.05) is 10.7 Å². The minimum Gasteiger partial charge on any atom is -0.489 e. The van der Waals surface area contributed by atoms with Gasteiger partial charge < -0.3 is 14.8 Å². The van der Waals surface area contributed by atoms with Crippen LogP contribution >= 0.6 is 11.6 Å². The summed E-state index contributed by atoms with van der Waals surface area (Å²) in [6.07, 6.45) is 0. The second kappa shape index (κ2) is 8.92. The van der Waals surface area contributed by atoms with Crippen LogP contribution in [-0.2, 0) is 11.4 Å². The summed E-state index contributed by atoms with van der Waals surface area (Å²) in [5.41, 5.74) is 1.72. The number of rotatable bonds is 7. The van der Waals surface area contributed by atoms with Crippen molar-refractivity contribution in [3.63, 3.8) is 0 Å². The first-order chi connectivity index (χ1) is 12.7. The molecule has 1 amide bonds. The standard InChI is InChI=1S/C21H18ClNO3/c22-17-8-6-16(7-9-17)14-25-20-12-10-18(11-13-20)23-21(24)15-26-19-4-2-1-3-5-19/h1-13H,14-15H2,(H,23,24). The summed E-state index contributed by atoms with van der Waals surface area (Å²) >= 11 is 5.86. The number of amides is 1. The molecule has 0 atom stereocenters. The summed E-state index contributed by atoms with van der Waals surface area (Å²) in [5.74, 6) is 1.16. The van der Waals surface area contributed by atoms with Crippen molar-refractivity contribution in [3.8, 4) is 11.5 Å². The predicted octanol–water partition coefficient (Wildman–Crippen LogP) is 4.94. The second-order valence-corrected chi connectivity index (χ2v) is 6.03. The van der Waals surface area contributed by atoms with Crippen LogP contribution in [0.5, 0.6) is 11.5 Å². The average molecular weight is 368 g/mol. The van der Waals surface area contributed by atoms with E-state index in [1.165, 1.54) is 0 Å². The van der Waals surface area contributed by atoms with Crippen molar-refractivity contribution in [2.75, 3.05) is 11.9 Å². The lowest BCUT2D eigenvalue weighted by molar-refractivity contribution is -0.118. The Morgan fingerprint density at radius 2 is 1.46 bits per heavy atom. The Balaban J connectivity index is 1.46. The number of carbonyl (C=O) groups excluding carboxylic acids is 1. The van der Waals surface area contributed by atoms with Crippen LogP contribution in [0.25, 0.3) is 0 Å². The Kier molecular flexibility index (Phi) is 6.12. The third kappa shape index (κ3) is 5.53. The maximum Gasteiger partial charge on any atom is 0.262 e. The lowest BCUT2D eigenvalue weighted by Gasteiger charge is -2.09. The Morgan fingerprint density at radius 3 is 2.15 bits per heavy atom. The molecule has 0 aliphatic heterocycles. The first-order valence-electron chi connectivity index (χ1n) is 8.14. The van der Waals surface area contributed by atoms with Crippen molar-refractivity contribution in [2.45, 2.75) is 6.61 Å². The molecule has 0 aliphatic rings. The third-order valence-electron chi connectivity index (χ3n) is 3.57. The van der Waals surface area contributed by atoms with E-state index in [1.807, 2.05) is 54.6 Å². The Bertz CT molecular complexity index is 833. The van der Waals surface area contributed by atoms with Crippen LogP contribution in [0.15, 0.2) is 78.9 Å². The highest BCUT2D eigenvalue weighted by Crippen LogP contribution is 2.18. The van der Waals surface area contributed by atoms with Crippen LogP contribution in [0, 0.1) is 0 Å². The smallest absolute Gasteiger partial charge is 0.262 e. The first kappa shape index (κ1) is 17.8. The van der Waals surface area contributed by atoms with Crippen LogP contribution in [0.1, 0.15) is 5.56 Å². The molecule has 3 aromatic carbocycles. The summed E-state index contributed by atoms with van der Waals surface area (Å²) in [4.78, 5) is 11.9. The zero-order valence-corrected chi connectivity index (χ0v) is 14.8. The minimum absolute atomic E-state index is 0.0428. The molecule has 0 heterocycles. The monoisotopic (exact) mass is 367 g/mol. The number of ether oxygens (including phenoxy) is 2. The number of nitrogens with one attached hydrogen (secondary N) is 1. The van der Waals surface area contributed by atoms with Crippen LogP contribution in [-0.4, -0.2) is 12.5 Å². The number of benzene rings is 3. The summed E-state index contributed by atoms with van der Waals surface area (Å²) in [7, 11) is 0. The molecule has 0 bridgehead atoms. The van der Waals surface area contributed by atoms with E-state index in [9.17, 15) is 4.79 Å². The van der Waals surface area contributed by atoms with E-state index in [0.717, 1.165) is 11.3 Å². The lowest BCUT2D eigenvalue weighted by Crippen LogP contribution is -2.20. The summed E-state index contributed by atoms with van der Waals surface area (Å²) in [6.45, 7) is 0.409. The van der Waals surface area contributed by atoms with E-state index in [1.54, 1.807) is 24.3 Å². The molecule has 4 nitrogen and oxygen atoms in total. The van der Waals surface area contributed by atoms with Gasteiger partial charge in [0.25, 0.3) is 5.91 Å². The van der Waals surface area contributed by atoms with Crippen molar-refractivity contribution in [1.82, 2.24) is 0 Å². The molecular weight excluding hydrogens is 350 g/mol. The van der Waals surface area contributed by atoms with Crippen molar-refractivity contribution >= 4 is 23.2 Å². The topological polar surface area (TPSA) is 47.6 Å². The van der Waals surface area contributed by atoms with Gasteiger partial charge in [0.1, 0.15) is 18.1 Å². The van der Waals surface area contributed by atoms with E-state index < -0.39 is 0 Å². The van der Waals surface area contributed by atoms with Gasteiger partial charge in [-0.3, -0.25) is 4.79 Å². The van der Waals surface area contributed by atoms with Gasteiger partial charge in [-0.2, -0.15) is 0 Å². The highest BCUT2D eigenvalue weighted by molar-refractivity contribution is 6.30. The van der Waals surface area contributed by atoms with Crippen LogP contribution < -0.4 is 14.8 Å². The molecule has 0 fully saturated rings. The molecule has 0 spiro atoms. The van der Waals surface area contributed by atoms with E-state index in [2.05, 4.69) is 5.32 Å². The van der Waals surface area contributed by atoms with Crippen LogP contribution in [0.4, 0.5) is 5.69 Å².